The van der Waals surface area contributed by atoms with E-state index < -0.39 is 0 Å². The van der Waals surface area contributed by atoms with Gasteiger partial charge in [0.1, 0.15) is 0 Å². The first-order chi connectivity index (χ1) is 3.43. The standard InChI is InChI=1S/C5H10S2/c1-2-5-3-4-6-7-5/h5H,2-4H2,1H3/t5-/m0/s1. The van der Waals surface area contributed by atoms with Crippen LogP contribution >= 0.6 is 21.6 Å². The van der Waals surface area contributed by atoms with Crippen LogP contribution in [0.5, 0.6) is 0 Å². The lowest BCUT2D eigenvalue weighted by atomic mass is 10.3. The Morgan fingerprint density at radius 2 is 2.57 bits per heavy atom. The van der Waals surface area contributed by atoms with Crippen LogP contribution in [-0.4, -0.2) is 11.0 Å². The van der Waals surface area contributed by atoms with E-state index in [0.717, 1.165) is 5.25 Å². The largest absolute Gasteiger partial charge is 0.0938 e. The second-order valence-corrected chi connectivity index (χ2v) is 4.52. The van der Waals surface area contributed by atoms with E-state index in [-0.39, 0.29) is 0 Å². The smallest absolute Gasteiger partial charge is 0.0157 e. The average molecular weight is 134 g/mol. The van der Waals surface area contributed by atoms with Crippen molar-refractivity contribution in [1.29, 1.82) is 0 Å². The van der Waals surface area contributed by atoms with E-state index in [9.17, 15) is 0 Å². The van der Waals surface area contributed by atoms with E-state index in [2.05, 4.69) is 17.7 Å². The van der Waals surface area contributed by atoms with Gasteiger partial charge in [-0.25, -0.2) is 0 Å². The summed E-state index contributed by atoms with van der Waals surface area (Å²) in [5.41, 5.74) is 0. The molecular weight excluding hydrogens is 124 g/mol. The van der Waals surface area contributed by atoms with Crippen LogP contribution in [-0.2, 0) is 0 Å². The van der Waals surface area contributed by atoms with Crippen molar-refractivity contribution in [2.45, 2.75) is 25.0 Å². The predicted octanol–water partition coefficient (Wildman–Crippen LogP) is 2.55. The van der Waals surface area contributed by atoms with Crippen LogP contribution in [0.15, 0.2) is 0 Å². The third kappa shape index (κ3) is 1.57. The maximum Gasteiger partial charge on any atom is 0.0157 e. The van der Waals surface area contributed by atoms with Gasteiger partial charge in [-0.3, -0.25) is 0 Å². The van der Waals surface area contributed by atoms with Crippen molar-refractivity contribution in [2.75, 3.05) is 5.75 Å². The number of rotatable bonds is 1. The van der Waals surface area contributed by atoms with Crippen LogP contribution in [0.3, 0.4) is 0 Å². The molecule has 0 aliphatic carbocycles. The van der Waals surface area contributed by atoms with Crippen LogP contribution in [0.25, 0.3) is 0 Å². The highest BCUT2D eigenvalue weighted by Crippen LogP contribution is 2.38. The van der Waals surface area contributed by atoms with Crippen molar-refractivity contribution in [3.05, 3.63) is 0 Å². The lowest BCUT2D eigenvalue weighted by Crippen LogP contribution is -1.91. The molecule has 0 radical (unpaired) electrons. The monoisotopic (exact) mass is 134 g/mol. The summed E-state index contributed by atoms with van der Waals surface area (Å²) in [6.45, 7) is 2.27. The fourth-order valence-electron chi connectivity index (χ4n) is 0.644. The Labute approximate surface area is 52.8 Å². The summed E-state index contributed by atoms with van der Waals surface area (Å²) in [7, 11) is 4.08. The molecule has 0 saturated carbocycles. The van der Waals surface area contributed by atoms with Crippen molar-refractivity contribution in [3.8, 4) is 0 Å². The van der Waals surface area contributed by atoms with E-state index in [0.29, 0.717) is 0 Å². The Kier molecular flexibility index (Phi) is 2.40. The Hall–Kier alpha value is 0.700. The molecule has 0 bridgehead atoms. The van der Waals surface area contributed by atoms with Gasteiger partial charge in [0.2, 0.25) is 0 Å². The van der Waals surface area contributed by atoms with Crippen molar-refractivity contribution >= 4 is 21.6 Å². The average Bonchev–Trinajstić information content (AvgIpc) is 2.14. The summed E-state index contributed by atoms with van der Waals surface area (Å²) in [4.78, 5) is 0. The summed E-state index contributed by atoms with van der Waals surface area (Å²) >= 11 is 0. The molecule has 0 aromatic heterocycles. The van der Waals surface area contributed by atoms with Gasteiger partial charge in [0.05, 0.1) is 0 Å². The first-order valence-corrected chi connectivity index (χ1v) is 5.10. The van der Waals surface area contributed by atoms with Crippen molar-refractivity contribution in [1.82, 2.24) is 0 Å². The second-order valence-electron chi connectivity index (χ2n) is 1.74. The van der Waals surface area contributed by atoms with Gasteiger partial charge in [-0.15, -0.1) is 0 Å². The zero-order valence-electron chi connectivity index (χ0n) is 4.52. The maximum atomic E-state index is 2.27. The molecule has 0 N–H and O–H groups in total. The summed E-state index contributed by atoms with van der Waals surface area (Å²) in [6, 6.07) is 0. The third-order valence-electron chi connectivity index (χ3n) is 1.18. The molecule has 1 heterocycles. The molecule has 1 saturated heterocycles. The Morgan fingerprint density at radius 1 is 1.71 bits per heavy atom. The molecule has 0 unspecified atom stereocenters. The van der Waals surface area contributed by atoms with Crippen LogP contribution in [0.4, 0.5) is 0 Å². The predicted molar refractivity (Wildman–Crippen MR) is 38.7 cm³/mol. The molecule has 0 aromatic carbocycles. The van der Waals surface area contributed by atoms with Crippen LogP contribution in [0.2, 0.25) is 0 Å². The van der Waals surface area contributed by atoms with Crippen molar-refractivity contribution in [2.24, 2.45) is 0 Å². The Bertz CT molecular complexity index is 48.0. The lowest BCUT2D eigenvalue weighted by molar-refractivity contribution is 0.812. The van der Waals surface area contributed by atoms with Gasteiger partial charge in [-0.1, -0.05) is 28.5 Å². The molecule has 1 atom stereocenters. The molecule has 0 amide bonds. The number of hydrogen-bond donors (Lipinski definition) is 0. The molecule has 1 fully saturated rings. The zero-order valence-corrected chi connectivity index (χ0v) is 6.15. The minimum atomic E-state index is 0.977. The van der Waals surface area contributed by atoms with Gasteiger partial charge in [0.15, 0.2) is 0 Å². The third-order valence-corrected chi connectivity index (χ3v) is 4.29. The SMILES string of the molecule is CC[C@H]1CCSS1. The topological polar surface area (TPSA) is 0 Å². The van der Waals surface area contributed by atoms with E-state index in [1.54, 1.807) is 0 Å². The van der Waals surface area contributed by atoms with E-state index >= 15 is 0 Å². The van der Waals surface area contributed by atoms with E-state index in [1.807, 2.05) is 10.8 Å². The molecule has 2 heteroatoms. The first kappa shape index (κ1) is 5.83. The molecule has 0 spiro atoms. The molecule has 0 nitrogen and oxygen atoms in total. The van der Waals surface area contributed by atoms with Crippen LogP contribution in [0, 0.1) is 0 Å². The molecule has 0 aromatic rings. The van der Waals surface area contributed by atoms with Gasteiger partial charge in [-0.2, -0.15) is 0 Å². The number of hydrogen-bond acceptors (Lipinski definition) is 2. The fourth-order valence-corrected chi connectivity index (χ4v) is 3.66. The molecule has 7 heavy (non-hydrogen) atoms. The summed E-state index contributed by atoms with van der Waals surface area (Å²) in [5, 5.41) is 0.977. The van der Waals surface area contributed by atoms with Gasteiger partial charge in [-0.05, 0) is 12.8 Å². The summed E-state index contributed by atoms with van der Waals surface area (Å²) < 4.78 is 0. The quantitative estimate of drug-likeness (QED) is 0.505. The van der Waals surface area contributed by atoms with Gasteiger partial charge >= 0.3 is 0 Å². The normalized spacial score (nSPS) is 31.3. The lowest BCUT2D eigenvalue weighted by Gasteiger charge is -1.97. The van der Waals surface area contributed by atoms with E-state index in [1.165, 1.54) is 18.6 Å². The molecular formula is C5H10S2. The summed E-state index contributed by atoms with van der Waals surface area (Å²) in [5.74, 6) is 1.38. The van der Waals surface area contributed by atoms with Gasteiger partial charge < -0.3 is 0 Å². The van der Waals surface area contributed by atoms with Crippen molar-refractivity contribution < 1.29 is 0 Å². The highest BCUT2D eigenvalue weighted by molar-refractivity contribution is 8.77. The molecule has 42 valence electrons. The minimum absolute atomic E-state index is 0.977. The van der Waals surface area contributed by atoms with Crippen LogP contribution < -0.4 is 0 Å². The minimum Gasteiger partial charge on any atom is -0.0938 e. The zero-order chi connectivity index (χ0) is 5.11. The van der Waals surface area contributed by atoms with Crippen molar-refractivity contribution in [3.63, 3.8) is 0 Å². The molecule has 1 aliphatic rings. The second kappa shape index (κ2) is 2.88. The molecule has 1 rings (SSSR count). The van der Waals surface area contributed by atoms with Gasteiger partial charge in [0.25, 0.3) is 0 Å². The maximum absolute atomic E-state index is 2.27. The summed E-state index contributed by atoms with van der Waals surface area (Å²) in [6.07, 6.45) is 2.80. The Morgan fingerprint density at radius 3 is 2.86 bits per heavy atom. The highest BCUT2D eigenvalue weighted by atomic mass is 33.1. The fraction of sp³-hybridized carbons (Fsp3) is 1.00. The first-order valence-electron chi connectivity index (χ1n) is 2.71. The van der Waals surface area contributed by atoms with E-state index in [4.69, 9.17) is 0 Å². The van der Waals surface area contributed by atoms with Gasteiger partial charge in [0, 0.05) is 11.0 Å². The molecule has 1 aliphatic heterocycles. The highest BCUT2D eigenvalue weighted by Gasteiger charge is 2.12. The van der Waals surface area contributed by atoms with Crippen LogP contribution in [0.1, 0.15) is 19.8 Å². The Balaban J connectivity index is 2.14.